The van der Waals surface area contributed by atoms with Crippen molar-refractivity contribution in [1.82, 2.24) is 0 Å². The van der Waals surface area contributed by atoms with Gasteiger partial charge in [-0.25, -0.2) is 0 Å². The molecule has 1 atom stereocenters. The third-order valence-corrected chi connectivity index (χ3v) is 2.88. The van der Waals surface area contributed by atoms with Gasteiger partial charge >= 0.3 is 0 Å². The van der Waals surface area contributed by atoms with Crippen LogP contribution in [0.4, 0.5) is 0 Å². The molecule has 0 saturated heterocycles. The van der Waals surface area contributed by atoms with E-state index < -0.39 is 0 Å². The van der Waals surface area contributed by atoms with E-state index in [0.717, 1.165) is 18.4 Å². The van der Waals surface area contributed by atoms with Gasteiger partial charge in [0.2, 0.25) is 0 Å². The second-order valence-electron chi connectivity index (χ2n) is 4.36. The van der Waals surface area contributed by atoms with Gasteiger partial charge in [0, 0.05) is 0 Å². The van der Waals surface area contributed by atoms with Crippen LogP contribution in [0.1, 0.15) is 17.5 Å². The van der Waals surface area contributed by atoms with Crippen LogP contribution in [0.3, 0.4) is 0 Å². The minimum absolute atomic E-state index is 0.384. The lowest BCUT2D eigenvalue weighted by atomic mass is 10.1. The molecule has 0 spiro atoms. The topological polar surface area (TPSA) is 20.2 Å². The largest absolute Gasteiger partial charge is 0.389 e. The van der Waals surface area contributed by atoms with Crippen molar-refractivity contribution in [2.24, 2.45) is 0 Å². The van der Waals surface area contributed by atoms with Gasteiger partial charge in [-0.3, -0.25) is 0 Å². The Balaban J connectivity index is 1.82. The summed E-state index contributed by atoms with van der Waals surface area (Å²) in [5.41, 5.74) is 2.39. The maximum atomic E-state index is 9.89. The van der Waals surface area contributed by atoms with Gasteiger partial charge in [-0.1, -0.05) is 72.8 Å². The molecule has 1 N–H and O–H groups in total. The molecule has 0 heterocycles. The Labute approximate surface area is 108 Å². The van der Waals surface area contributed by atoms with Gasteiger partial charge in [-0.05, 0) is 24.0 Å². The van der Waals surface area contributed by atoms with Gasteiger partial charge in [-0.15, -0.1) is 0 Å². The predicted octanol–water partition coefficient (Wildman–Crippen LogP) is 3.69. The van der Waals surface area contributed by atoms with E-state index >= 15 is 0 Å². The molecule has 0 amide bonds. The number of aryl methyl sites for hydroxylation is 1. The molecule has 0 aromatic heterocycles. The second-order valence-corrected chi connectivity index (χ2v) is 4.36. The van der Waals surface area contributed by atoms with Crippen molar-refractivity contribution in [3.05, 3.63) is 77.9 Å². The molecule has 92 valence electrons. The molecule has 0 radical (unpaired) electrons. The summed E-state index contributed by atoms with van der Waals surface area (Å²) >= 11 is 0. The lowest BCUT2D eigenvalue weighted by molar-refractivity contribution is 0.214. The quantitative estimate of drug-likeness (QED) is 0.842. The highest BCUT2D eigenvalue weighted by atomic mass is 16.3. The molecule has 2 rings (SSSR count). The van der Waals surface area contributed by atoms with E-state index in [2.05, 4.69) is 12.1 Å². The number of hydrogen-bond donors (Lipinski definition) is 1. The van der Waals surface area contributed by atoms with Gasteiger partial charge in [0.25, 0.3) is 0 Å². The molecule has 0 aliphatic rings. The second kappa shape index (κ2) is 6.77. The van der Waals surface area contributed by atoms with Crippen LogP contribution in [0, 0.1) is 0 Å². The Kier molecular flexibility index (Phi) is 4.74. The van der Waals surface area contributed by atoms with E-state index in [4.69, 9.17) is 0 Å². The van der Waals surface area contributed by atoms with E-state index in [0.29, 0.717) is 0 Å². The third-order valence-electron chi connectivity index (χ3n) is 2.88. The van der Waals surface area contributed by atoms with Crippen LogP contribution < -0.4 is 0 Å². The first-order valence-corrected chi connectivity index (χ1v) is 6.30. The molecule has 0 bridgehead atoms. The number of hydrogen-bond acceptors (Lipinski definition) is 1. The lowest BCUT2D eigenvalue weighted by Gasteiger charge is -2.05. The SMILES string of the molecule is O[C@H](/C=C/c1ccccc1)CCc1ccccc1. The molecule has 1 nitrogen and oxygen atoms in total. The zero-order chi connectivity index (χ0) is 12.6. The fraction of sp³-hybridized carbons (Fsp3) is 0.176. The number of aliphatic hydroxyl groups excluding tert-OH is 1. The minimum atomic E-state index is -0.384. The van der Waals surface area contributed by atoms with Crippen LogP contribution >= 0.6 is 0 Å². The van der Waals surface area contributed by atoms with Crippen molar-refractivity contribution < 1.29 is 5.11 Å². The van der Waals surface area contributed by atoms with Gasteiger partial charge in [-0.2, -0.15) is 0 Å². The Morgan fingerprint density at radius 1 is 0.889 bits per heavy atom. The summed E-state index contributed by atoms with van der Waals surface area (Å²) < 4.78 is 0. The van der Waals surface area contributed by atoms with Crippen molar-refractivity contribution in [2.75, 3.05) is 0 Å². The Morgan fingerprint density at radius 3 is 2.17 bits per heavy atom. The van der Waals surface area contributed by atoms with E-state index in [9.17, 15) is 5.11 Å². The van der Waals surface area contributed by atoms with Gasteiger partial charge < -0.3 is 5.11 Å². The Bertz CT molecular complexity index is 473. The van der Waals surface area contributed by atoms with Crippen LogP contribution in [-0.2, 0) is 6.42 Å². The smallest absolute Gasteiger partial charge is 0.0727 e. The third kappa shape index (κ3) is 4.19. The number of aliphatic hydroxyl groups is 1. The molecule has 2 aromatic carbocycles. The summed E-state index contributed by atoms with van der Waals surface area (Å²) in [7, 11) is 0. The molecule has 0 saturated carbocycles. The van der Waals surface area contributed by atoms with Gasteiger partial charge in [0.1, 0.15) is 0 Å². The standard InChI is InChI=1S/C17H18O/c18-17(13-11-15-7-3-1-4-8-15)14-12-16-9-5-2-6-10-16/h1-11,13,17-18H,12,14H2/b13-11+/t17-/m1/s1. The molecule has 1 heteroatoms. The summed E-state index contributed by atoms with van der Waals surface area (Å²) in [5.74, 6) is 0. The van der Waals surface area contributed by atoms with Crippen LogP contribution in [0.2, 0.25) is 0 Å². The molecule has 0 aliphatic carbocycles. The summed E-state index contributed by atoms with van der Waals surface area (Å²) in [5, 5.41) is 9.89. The van der Waals surface area contributed by atoms with Crippen molar-refractivity contribution >= 4 is 6.08 Å². The highest BCUT2D eigenvalue weighted by molar-refractivity contribution is 5.49. The maximum Gasteiger partial charge on any atom is 0.0727 e. The zero-order valence-electron chi connectivity index (χ0n) is 10.4. The van der Waals surface area contributed by atoms with Crippen molar-refractivity contribution in [3.63, 3.8) is 0 Å². The summed E-state index contributed by atoms with van der Waals surface area (Å²) in [6, 6.07) is 20.3. The summed E-state index contributed by atoms with van der Waals surface area (Å²) in [4.78, 5) is 0. The monoisotopic (exact) mass is 238 g/mol. The molecular weight excluding hydrogens is 220 g/mol. The average molecular weight is 238 g/mol. The normalized spacial score (nSPS) is 12.7. The van der Waals surface area contributed by atoms with Gasteiger partial charge in [0.05, 0.1) is 6.10 Å². The van der Waals surface area contributed by atoms with Crippen LogP contribution in [0.15, 0.2) is 66.7 Å². The van der Waals surface area contributed by atoms with Crippen molar-refractivity contribution in [2.45, 2.75) is 18.9 Å². The molecule has 2 aromatic rings. The first-order valence-electron chi connectivity index (χ1n) is 6.30. The van der Waals surface area contributed by atoms with Crippen molar-refractivity contribution in [1.29, 1.82) is 0 Å². The number of rotatable bonds is 5. The zero-order valence-corrected chi connectivity index (χ0v) is 10.4. The maximum absolute atomic E-state index is 9.89. The van der Waals surface area contributed by atoms with E-state index in [1.54, 1.807) is 0 Å². The first-order chi connectivity index (χ1) is 8.84. The first kappa shape index (κ1) is 12.6. The Morgan fingerprint density at radius 2 is 1.50 bits per heavy atom. The minimum Gasteiger partial charge on any atom is -0.389 e. The van der Waals surface area contributed by atoms with Crippen LogP contribution in [-0.4, -0.2) is 11.2 Å². The van der Waals surface area contributed by atoms with Crippen LogP contribution in [0.5, 0.6) is 0 Å². The van der Waals surface area contributed by atoms with Crippen molar-refractivity contribution in [3.8, 4) is 0 Å². The fourth-order valence-electron chi connectivity index (χ4n) is 1.84. The number of benzene rings is 2. The van der Waals surface area contributed by atoms with E-state index in [-0.39, 0.29) is 6.10 Å². The van der Waals surface area contributed by atoms with Gasteiger partial charge in [0.15, 0.2) is 0 Å². The Hall–Kier alpha value is -1.86. The molecular formula is C17H18O. The fourth-order valence-corrected chi connectivity index (χ4v) is 1.84. The highest BCUT2D eigenvalue weighted by Crippen LogP contribution is 2.08. The average Bonchev–Trinajstić information content (AvgIpc) is 2.45. The summed E-state index contributed by atoms with van der Waals surface area (Å²) in [6.45, 7) is 0. The molecule has 0 unspecified atom stereocenters. The lowest BCUT2D eigenvalue weighted by Crippen LogP contribution is -2.03. The highest BCUT2D eigenvalue weighted by Gasteiger charge is 1.99. The molecule has 0 aliphatic heterocycles. The van der Waals surface area contributed by atoms with Crippen LogP contribution in [0.25, 0.3) is 6.08 Å². The molecule has 18 heavy (non-hydrogen) atoms. The molecule has 0 fully saturated rings. The summed E-state index contributed by atoms with van der Waals surface area (Å²) in [6.07, 6.45) is 5.10. The van der Waals surface area contributed by atoms with E-state index in [1.165, 1.54) is 5.56 Å². The predicted molar refractivity (Wildman–Crippen MR) is 76.2 cm³/mol. The van der Waals surface area contributed by atoms with E-state index in [1.807, 2.05) is 60.7 Å².